The van der Waals surface area contributed by atoms with Crippen molar-refractivity contribution in [3.8, 4) is 0 Å². The molecular formula is C10H21N3O. The number of likely N-dealkylation sites (tertiary alicyclic amines) is 1. The van der Waals surface area contributed by atoms with Crippen LogP contribution < -0.4 is 11.5 Å². The van der Waals surface area contributed by atoms with Gasteiger partial charge in [-0.25, -0.2) is 4.79 Å². The van der Waals surface area contributed by atoms with Crippen LogP contribution in [-0.2, 0) is 0 Å². The van der Waals surface area contributed by atoms with Crippen LogP contribution in [0.1, 0.15) is 26.2 Å². The molecule has 0 bridgehead atoms. The van der Waals surface area contributed by atoms with Gasteiger partial charge >= 0.3 is 6.03 Å². The van der Waals surface area contributed by atoms with Gasteiger partial charge in [0.05, 0.1) is 0 Å². The molecule has 4 N–H and O–H groups in total. The number of piperidine rings is 1. The molecule has 0 radical (unpaired) electrons. The topological polar surface area (TPSA) is 72.3 Å². The lowest BCUT2D eigenvalue weighted by Crippen LogP contribution is -2.42. The first-order valence-corrected chi connectivity index (χ1v) is 5.38. The highest BCUT2D eigenvalue weighted by atomic mass is 16.2. The van der Waals surface area contributed by atoms with Crippen molar-refractivity contribution in [1.82, 2.24) is 4.90 Å². The summed E-state index contributed by atoms with van der Waals surface area (Å²) in [6, 6.07) is -0.282. The Morgan fingerprint density at radius 1 is 1.50 bits per heavy atom. The van der Waals surface area contributed by atoms with Gasteiger partial charge in [0.15, 0.2) is 0 Å². The van der Waals surface area contributed by atoms with E-state index in [9.17, 15) is 4.79 Å². The predicted molar refractivity (Wildman–Crippen MR) is 56.7 cm³/mol. The van der Waals surface area contributed by atoms with Crippen molar-refractivity contribution >= 4 is 6.03 Å². The van der Waals surface area contributed by atoms with Crippen LogP contribution in [0.4, 0.5) is 4.79 Å². The summed E-state index contributed by atoms with van der Waals surface area (Å²) in [4.78, 5) is 12.6. The van der Waals surface area contributed by atoms with E-state index in [1.807, 2.05) is 0 Å². The first kappa shape index (κ1) is 11.3. The summed E-state index contributed by atoms with van der Waals surface area (Å²) in [6.07, 6.45) is 3.34. The molecule has 0 saturated carbocycles. The third-order valence-electron chi connectivity index (χ3n) is 3.06. The zero-order valence-electron chi connectivity index (χ0n) is 8.91. The zero-order chi connectivity index (χ0) is 10.6. The van der Waals surface area contributed by atoms with Crippen LogP contribution in [0.2, 0.25) is 0 Å². The Kier molecular flexibility index (Phi) is 4.20. The highest BCUT2D eigenvalue weighted by Crippen LogP contribution is 2.23. The van der Waals surface area contributed by atoms with Crippen LogP contribution in [0, 0.1) is 11.8 Å². The van der Waals surface area contributed by atoms with Crippen molar-refractivity contribution in [2.75, 3.05) is 19.6 Å². The molecule has 1 fully saturated rings. The molecule has 1 rings (SSSR count). The van der Waals surface area contributed by atoms with Gasteiger partial charge in [0.2, 0.25) is 0 Å². The number of urea groups is 1. The van der Waals surface area contributed by atoms with Crippen molar-refractivity contribution in [3.05, 3.63) is 0 Å². The monoisotopic (exact) mass is 199 g/mol. The highest BCUT2D eigenvalue weighted by Gasteiger charge is 2.21. The van der Waals surface area contributed by atoms with Gasteiger partial charge in [-0.15, -0.1) is 0 Å². The van der Waals surface area contributed by atoms with E-state index < -0.39 is 0 Å². The Labute approximate surface area is 85.6 Å². The number of hydrogen-bond donors (Lipinski definition) is 2. The number of carbonyl (C=O) groups is 1. The fourth-order valence-corrected chi connectivity index (χ4v) is 2.05. The molecule has 1 aliphatic rings. The Balaban J connectivity index is 2.25. The minimum Gasteiger partial charge on any atom is -0.351 e. The Bertz CT molecular complexity index is 188. The number of rotatable bonds is 3. The minimum absolute atomic E-state index is 0.282. The third kappa shape index (κ3) is 3.18. The summed E-state index contributed by atoms with van der Waals surface area (Å²) in [5.41, 5.74) is 10.8. The molecule has 4 nitrogen and oxygen atoms in total. The number of hydrogen-bond acceptors (Lipinski definition) is 2. The molecule has 0 aromatic heterocycles. The number of amides is 2. The van der Waals surface area contributed by atoms with Crippen LogP contribution >= 0.6 is 0 Å². The SMILES string of the molecule is CC(CN)CC1CCN(C(N)=O)CC1. The van der Waals surface area contributed by atoms with Crippen molar-refractivity contribution in [3.63, 3.8) is 0 Å². The van der Waals surface area contributed by atoms with E-state index in [4.69, 9.17) is 11.5 Å². The Morgan fingerprint density at radius 3 is 2.50 bits per heavy atom. The first-order chi connectivity index (χ1) is 6.63. The fraction of sp³-hybridized carbons (Fsp3) is 0.900. The smallest absolute Gasteiger partial charge is 0.314 e. The third-order valence-corrected chi connectivity index (χ3v) is 3.06. The van der Waals surface area contributed by atoms with Crippen LogP contribution in [0.15, 0.2) is 0 Å². The second-order valence-electron chi connectivity index (χ2n) is 4.35. The summed E-state index contributed by atoms with van der Waals surface area (Å²) in [6.45, 7) is 4.57. The highest BCUT2D eigenvalue weighted by molar-refractivity contribution is 5.72. The molecule has 0 aliphatic carbocycles. The second kappa shape index (κ2) is 5.20. The van der Waals surface area contributed by atoms with E-state index in [1.54, 1.807) is 4.90 Å². The molecule has 1 unspecified atom stereocenters. The lowest BCUT2D eigenvalue weighted by molar-refractivity contribution is 0.171. The molecule has 2 amide bonds. The average molecular weight is 199 g/mol. The standard InChI is InChI=1S/C10H21N3O/c1-8(7-11)6-9-2-4-13(5-3-9)10(12)14/h8-9H,2-7,11H2,1H3,(H2,12,14). The molecule has 82 valence electrons. The molecule has 14 heavy (non-hydrogen) atoms. The van der Waals surface area contributed by atoms with E-state index in [2.05, 4.69) is 6.92 Å². The molecule has 1 atom stereocenters. The molecule has 4 heteroatoms. The van der Waals surface area contributed by atoms with Gasteiger partial charge in [-0.3, -0.25) is 0 Å². The average Bonchev–Trinajstić information content (AvgIpc) is 2.18. The van der Waals surface area contributed by atoms with E-state index in [1.165, 1.54) is 6.42 Å². The van der Waals surface area contributed by atoms with Crippen LogP contribution in [-0.4, -0.2) is 30.6 Å². The fourth-order valence-electron chi connectivity index (χ4n) is 2.05. The largest absolute Gasteiger partial charge is 0.351 e. The second-order valence-corrected chi connectivity index (χ2v) is 4.35. The number of nitrogens with zero attached hydrogens (tertiary/aromatic N) is 1. The van der Waals surface area contributed by atoms with E-state index in [-0.39, 0.29) is 6.03 Å². The molecule has 1 heterocycles. The molecule has 0 aromatic rings. The molecule has 1 aliphatic heterocycles. The van der Waals surface area contributed by atoms with Crippen molar-refractivity contribution < 1.29 is 4.79 Å². The van der Waals surface area contributed by atoms with Crippen molar-refractivity contribution in [2.24, 2.45) is 23.3 Å². The van der Waals surface area contributed by atoms with Gasteiger partial charge in [0.25, 0.3) is 0 Å². The van der Waals surface area contributed by atoms with Crippen LogP contribution in [0.3, 0.4) is 0 Å². The van der Waals surface area contributed by atoms with E-state index >= 15 is 0 Å². The van der Waals surface area contributed by atoms with Gasteiger partial charge in [0, 0.05) is 13.1 Å². The number of nitrogens with two attached hydrogens (primary N) is 2. The maximum atomic E-state index is 10.9. The summed E-state index contributed by atoms with van der Waals surface area (Å²) in [5.74, 6) is 1.32. The van der Waals surface area contributed by atoms with Crippen molar-refractivity contribution in [2.45, 2.75) is 26.2 Å². The summed E-state index contributed by atoms with van der Waals surface area (Å²) < 4.78 is 0. The zero-order valence-corrected chi connectivity index (χ0v) is 8.91. The minimum atomic E-state index is -0.282. The number of carbonyl (C=O) groups excluding carboxylic acids is 1. The van der Waals surface area contributed by atoms with Gasteiger partial charge in [-0.05, 0) is 37.6 Å². The molecule has 1 saturated heterocycles. The summed E-state index contributed by atoms with van der Waals surface area (Å²) >= 11 is 0. The quantitative estimate of drug-likeness (QED) is 0.704. The van der Waals surface area contributed by atoms with E-state index in [0.29, 0.717) is 5.92 Å². The van der Waals surface area contributed by atoms with Gasteiger partial charge in [-0.1, -0.05) is 6.92 Å². The summed E-state index contributed by atoms with van der Waals surface area (Å²) in [5, 5.41) is 0. The maximum absolute atomic E-state index is 10.9. The van der Waals surface area contributed by atoms with Crippen LogP contribution in [0.25, 0.3) is 0 Å². The molecule has 0 aromatic carbocycles. The van der Waals surface area contributed by atoms with Gasteiger partial charge in [-0.2, -0.15) is 0 Å². The van der Waals surface area contributed by atoms with Gasteiger partial charge < -0.3 is 16.4 Å². The maximum Gasteiger partial charge on any atom is 0.314 e. The van der Waals surface area contributed by atoms with E-state index in [0.717, 1.165) is 38.4 Å². The number of primary amides is 1. The Hall–Kier alpha value is -0.770. The van der Waals surface area contributed by atoms with Gasteiger partial charge in [0.1, 0.15) is 0 Å². The lowest BCUT2D eigenvalue weighted by atomic mass is 9.88. The summed E-state index contributed by atoms with van der Waals surface area (Å²) in [7, 11) is 0. The molecule has 0 spiro atoms. The molecular weight excluding hydrogens is 178 g/mol. The predicted octanol–water partition coefficient (Wildman–Crippen LogP) is 0.762. The van der Waals surface area contributed by atoms with Crippen molar-refractivity contribution in [1.29, 1.82) is 0 Å². The Morgan fingerprint density at radius 2 is 2.07 bits per heavy atom. The van der Waals surface area contributed by atoms with Crippen LogP contribution in [0.5, 0.6) is 0 Å². The normalized spacial score (nSPS) is 20.9. The lowest BCUT2D eigenvalue weighted by Gasteiger charge is -2.31. The first-order valence-electron chi connectivity index (χ1n) is 5.38.